The lowest BCUT2D eigenvalue weighted by molar-refractivity contribution is -0.120. The molecular formula is C18H24N2O2S2. The van der Waals surface area contributed by atoms with Gasteiger partial charge < -0.3 is 10.6 Å². The van der Waals surface area contributed by atoms with Crippen LogP contribution >= 0.6 is 22.7 Å². The van der Waals surface area contributed by atoms with Gasteiger partial charge in [-0.15, -0.1) is 22.7 Å². The van der Waals surface area contributed by atoms with E-state index >= 15 is 0 Å². The predicted octanol–water partition coefficient (Wildman–Crippen LogP) is 3.90. The van der Waals surface area contributed by atoms with Gasteiger partial charge in [-0.05, 0) is 57.4 Å². The van der Waals surface area contributed by atoms with E-state index in [0.29, 0.717) is 4.88 Å². The summed E-state index contributed by atoms with van der Waals surface area (Å²) in [6.07, 6.45) is 0.918. The number of hydrogen-bond acceptors (Lipinski definition) is 4. The van der Waals surface area contributed by atoms with Crippen LogP contribution in [0.3, 0.4) is 0 Å². The van der Waals surface area contributed by atoms with Crippen molar-refractivity contribution in [3.05, 3.63) is 42.8 Å². The van der Waals surface area contributed by atoms with E-state index in [0.717, 1.165) is 17.5 Å². The molecule has 0 aliphatic carbocycles. The zero-order valence-corrected chi connectivity index (χ0v) is 16.4. The van der Waals surface area contributed by atoms with Crippen molar-refractivity contribution >= 4 is 34.5 Å². The summed E-state index contributed by atoms with van der Waals surface area (Å²) in [7, 11) is 0. The zero-order valence-electron chi connectivity index (χ0n) is 14.8. The van der Waals surface area contributed by atoms with Crippen molar-refractivity contribution in [1.29, 1.82) is 0 Å². The van der Waals surface area contributed by atoms with Crippen LogP contribution in [0.25, 0.3) is 0 Å². The van der Waals surface area contributed by atoms with E-state index in [1.54, 1.807) is 11.3 Å². The second-order valence-electron chi connectivity index (χ2n) is 5.91. The van der Waals surface area contributed by atoms with Crippen LogP contribution in [0.5, 0.6) is 0 Å². The van der Waals surface area contributed by atoms with Gasteiger partial charge in [0.25, 0.3) is 5.91 Å². The third-order valence-electron chi connectivity index (χ3n) is 3.90. The Hall–Kier alpha value is -1.66. The molecule has 0 aliphatic heterocycles. The van der Waals surface area contributed by atoms with E-state index in [2.05, 4.69) is 37.5 Å². The van der Waals surface area contributed by atoms with Gasteiger partial charge in [0.2, 0.25) is 5.91 Å². The number of aryl methyl sites for hydroxylation is 4. The lowest BCUT2D eigenvalue weighted by Gasteiger charge is -2.14. The third kappa shape index (κ3) is 4.45. The molecule has 130 valence electrons. The average Bonchev–Trinajstić information content (AvgIpc) is 3.06. The number of nitrogens with one attached hydrogen (secondary N) is 2. The molecule has 1 atom stereocenters. The van der Waals surface area contributed by atoms with Gasteiger partial charge in [0.1, 0.15) is 0 Å². The molecule has 2 aromatic rings. The molecule has 4 nitrogen and oxygen atoms in total. The highest BCUT2D eigenvalue weighted by molar-refractivity contribution is 7.14. The summed E-state index contributed by atoms with van der Waals surface area (Å²) in [6, 6.07) is 3.93. The van der Waals surface area contributed by atoms with Gasteiger partial charge in [-0.3, -0.25) is 9.59 Å². The Morgan fingerprint density at radius 2 is 1.88 bits per heavy atom. The first-order valence-corrected chi connectivity index (χ1v) is 9.68. The first kappa shape index (κ1) is 18.7. The Labute approximate surface area is 151 Å². The lowest BCUT2D eigenvalue weighted by Crippen LogP contribution is -2.37. The minimum Gasteiger partial charge on any atom is -0.348 e. The van der Waals surface area contributed by atoms with Crippen LogP contribution in [0.15, 0.2) is 12.1 Å². The largest absolute Gasteiger partial charge is 0.348 e. The van der Waals surface area contributed by atoms with Crippen molar-refractivity contribution in [2.45, 2.75) is 47.1 Å². The lowest BCUT2D eigenvalue weighted by atomic mass is 10.1. The maximum absolute atomic E-state index is 12.2. The molecule has 2 heterocycles. The summed E-state index contributed by atoms with van der Waals surface area (Å²) in [6.45, 7) is 10.1. The zero-order chi connectivity index (χ0) is 17.9. The molecule has 0 aliphatic rings. The highest BCUT2D eigenvalue weighted by Gasteiger charge is 2.16. The van der Waals surface area contributed by atoms with Crippen LogP contribution in [0, 0.1) is 20.8 Å². The Bertz CT molecular complexity index is 746. The van der Waals surface area contributed by atoms with Crippen LogP contribution in [0.4, 0.5) is 0 Å². The number of amides is 2. The van der Waals surface area contributed by atoms with Gasteiger partial charge in [0.15, 0.2) is 0 Å². The molecule has 2 aromatic heterocycles. The molecule has 0 radical (unpaired) electrons. The van der Waals surface area contributed by atoms with Gasteiger partial charge >= 0.3 is 0 Å². The molecule has 0 unspecified atom stereocenters. The standard InChI is InChI=1S/C18H24N2O2S2/c1-6-15-10(2)7-16(24-15)18(22)19-9-17(21)20-12(4)14-8-11(3)23-13(14)5/h7-8,12H,6,9H2,1-5H3,(H,19,22)(H,20,21)/t12-/m1/s1. The van der Waals surface area contributed by atoms with Crippen molar-refractivity contribution < 1.29 is 9.59 Å². The summed E-state index contributed by atoms with van der Waals surface area (Å²) < 4.78 is 0. The van der Waals surface area contributed by atoms with E-state index in [-0.39, 0.29) is 24.4 Å². The summed E-state index contributed by atoms with van der Waals surface area (Å²) in [5.41, 5.74) is 2.27. The third-order valence-corrected chi connectivity index (χ3v) is 6.26. The first-order valence-electron chi connectivity index (χ1n) is 8.05. The highest BCUT2D eigenvalue weighted by atomic mass is 32.1. The summed E-state index contributed by atoms with van der Waals surface area (Å²) in [5, 5.41) is 5.64. The molecule has 24 heavy (non-hydrogen) atoms. The van der Waals surface area contributed by atoms with Gasteiger partial charge in [-0.1, -0.05) is 6.92 Å². The normalized spacial score (nSPS) is 12.0. The molecule has 2 amide bonds. The maximum atomic E-state index is 12.2. The predicted molar refractivity (Wildman–Crippen MR) is 101 cm³/mol. The fraction of sp³-hybridized carbons (Fsp3) is 0.444. The molecular weight excluding hydrogens is 340 g/mol. The van der Waals surface area contributed by atoms with Crippen molar-refractivity contribution in [2.24, 2.45) is 0 Å². The van der Waals surface area contributed by atoms with Crippen LogP contribution in [0.1, 0.15) is 55.3 Å². The number of carbonyl (C=O) groups excluding carboxylic acids is 2. The second-order valence-corrected chi connectivity index (χ2v) is 8.51. The molecule has 0 saturated heterocycles. The first-order chi connectivity index (χ1) is 11.3. The van der Waals surface area contributed by atoms with Crippen LogP contribution in [-0.2, 0) is 11.2 Å². The fourth-order valence-electron chi connectivity index (χ4n) is 2.68. The Morgan fingerprint density at radius 3 is 2.42 bits per heavy atom. The molecule has 0 saturated carbocycles. The van der Waals surface area contributed by atoms with E-state index in [9.17, 15) is 9.59 Å². The fourth-order valence-corrected chi connectivity index (χ4v) is 4.73. The number of thiophene rings is 2. The Balaban J connectivity index is 1.88. The van der Waals surface area contributed by atoms with Gasteiger partial charge in [-0.25, -0.2) is 0 Å². The van der Waals surface area contributed by atoms with E-state index in [4.69, 9.17) is 0 Å². The van der Waals surface area contributed by atoms with Crippen molar-refractivity contribution in [2.75, 3.05) is 6.54 Å². The van der Waals surface area contributed by atoms with E-state index in [1.807, 2.05) is 19.9 Å². The second kappa shape index (κ2) is 7.94. The topological polar surface area (TPSA) is 58.2 Å². The van der Waals surface area contributed by atoms with Crippen LogP contribution in [-0.4, -0.2) is 18.4 Å². The minimum atomic E-state index is -0.187. The maximum Gasteiger partial charge on any atom is 0.261 e. The van der Waals surface area contributed by atoms with Crippen molar-refractivity contribution in [1.82, 2.24) is 10.6 Å². The van der Waals surface area contributed by atoms with Gasteiger partial charge in [0, 0.05) is 14.6 Å². The monoisotopic (exact) mass is 364 g/mol. The Kier molecular flexibility index (Phi) is 6.18. The SMILES string of the molecule is CCc1sc(C(=O)NCC(=O)N[C@H](C)c2cc(C)sc2C)cc1C. The van der Waals surface area contributed by atoms with E-state index in [1.165, 1.54) is 26.0 Å². The smallest absolute Gasteiger partial charge is 0.261 e. The van der Waals surface area contributed by atoms with Crippen LogP contribution < -0.4 is 10.6 Å². The molecule has 6 heteroatoms. The molecule has 0 spiro atoms. The summed E-state index contributed by atoms with van der Waals surface area (Å²) in [5.74, 6) is -0.365. The molecule has 0 bridgehead atoms. The quantitative estimate of drug-likeness (QED) is 0.816. The number of carbonyl (C=O) groups is 2. The minimum absolute atomic E-state index is 0.0102. The van der Waals surface area contributed by atoms with Gasteiger partial charge in [-0.2, -0.15) is 0 Å². The van der Waals surface area contributed by atoms with E-state index < -0.39 is 0 Å². The summed E-state index contributed by atoms with van der Waals surface area (Å²) in [4.78, 5) is 28.6. The van der Waals surface area contributed by atoms with Gasteiger partial charge in [0.05, 0.1) is 17.5 Å². The van der Waals surface area contributed by atoms with Crippen molar-refractivity contribution in [3.63, 3.8) is 0 Å². The number of rotatable bonds is 6. The van der Waals surface area contributed by atoms with Crippen LogP contribution in [0.2, 0.25) is 0 Å². The summed E-state index contributed by atoms with van der Waals surface area (Å²) >= 11 is 3.22. The highest BCUT2D eigenvalue weighted by Crippen LogP contribution is 2.26. The average molecular weight is 365 g/mol. The Morgan fingerprint density at radius 1 is 1.17 bits per heavy atom. The molecule has 2 N–H and O–H groups in total. The van der Waals surface area contributed by atoms with Crippen molar-refractivity contribution in [3.8, 4) is 0 Å². The molecule has 0 aromatic carbocycles. The molecule has 2 rings (SSSR count). The number of hydrogen-bond donors (Lipinski definition) is 2. The molecule has 0 fully saturated rings.